The predicted molar refractivity (Wildman–Crippen MR) is 30.2 cm³/mol. The fourth-order valence-electron chi connectivity index (χ4n) is 0.534. The summed E-state index contributed by atoms with van der Waals surface area (Å²) < 4.78 is 0. The minimum atomic E-state index is -1.01. The van der Waals surface area contributed by atoms with Gasteiger partial charge in [0.15, 0.2) is 5.41 Å². The van der Waals surface area contributed by atoms with E-state index in [0.29, 0.717) is 6.54 Å². The van der Waals surface area contributed by atoms with Gasteiger partial charge in [-0.1, -0.05) is 0 Å². The third kappa shape index (κ3) is 0.706. The van der Waals surface area contributed by atoms with Gasteiger partial charge in [0.2, 0.25) is 0 Å². The van der Waals surface area contributed by atoms with Crippen LogP contribution in [0.25, 0.3) is 0 Å². The number of nitrogens with zero attached hydrogens (tertiary/aromatic N) is 3. The number of hydrogen-bond donors (Lipinski definition) is 1. The van der Waals surface area contributed by atoms with Crippen molar-refractivity contribution in [2.24, 2.45) is 10.5 Å². The van der Waals surface area contributed by atoms with E-state index in [-0.39, 0.29) is 0 Å². The maximum atomic E-state index is 8.41. The Morgan fingerprint density at radius 3 is 2.44 bits per heavy atom. The van der Waals surface area contributed by atoms with E-state index in [9.17, 15) is 0 Å². The van der Waals surface area contributed by atoms with Crippen molar-refractivity contribution in [2.45, 2.75) is 0 Å². The highest BCUT2D eigenvalue weighted by atomic mass is 15.3. The molecule has 0 atom stereocenters. The molecular weight excluding hydrogens is 116 g/mol. The van der Waals surface area contributed by atoms with Crippen LogP contribution in [0, 0.1) is 28.1 Å². The average molecular weight is 120 g/mol. The zero-order chi connectivity index (χ0) is 6.74. The lowest BCUT2D eigenvalue weighted by atomic mass is 9.95. The summed E-state index contributed by atoms with van der Waals surface area (Å²) >= 11 is 0. The molecule has 0 saturated heterocycles. The van der Waals surface area contributed by atoms with Crippen LogP contribution in [0.3, 0.4) is 0 Å². The monoisotopic (exact) mass is 120 g/mol. The van der Waals surface area contributed by atoms with Crippen LogP contribution in [-0.4, -0.2) is 12.8 Å². The Balaban J connectivity index is 2.88. The Bertz CT molecular complexity index is 202. The van der Waals surface area contributed by atoms with Crippen molar-refractivity contribution in [3.63, 3.8) is 0 Å². The second kappa shape index (κ2) is 1.75. The summed E-state index contributed by atoms with van der Waals surface area (Å²) in [4.78, 5) is 0. The van der Waals surface area contributed by atoms with Crippen LogP contribution >= 0.6 is 0 Å². The van der Waals surface area contributed by atoms with Crippen molar-refractivity contribution in [1.82, 2.24) is 5.43 Å². The van der Waals surface area contributed by atoms with E-state index in [1.807, 2.05) is 12.1 Å². The Morgan fingerprint density at radius 1 is 1.56 bits per heavy atom. The number of nitriles is 2. The molecule has 0 aromatic carbocycles. The largest absolute Gasteiger partial charge is 0.307 e. The summed E-state index contributed by atoms with van der Waals surface area (Å²) in [7, 11) is 0. The zero-order valence-electron chi connectivity index (χ0n) is 4.63. The van der Waals surface area contributed by atoms with E-state index in [0.717, 1.165) is 0 Å². The topological polar surface area (TPSA) is 72.0 Å². The molecule has 0 aromatic heterocycles. The quantitative estimate of drug-likeness (QED) is 0.473. The predicted octanol–water partition coefficient (Wildman–Crippen LogP) is -0.391. The number of hydrogen-bond acceptors (Lipinski definition) is 4. The zero-order valence-corrected chi connectivity index (χ0v) is 4.63. The molecule has 0 fully saturated rings. The highest BCUT2D eigenvalue weighted by Gasteiger charge is 2.30. The van der Waals surface area contributed by atoms with Crippen molar-refractivity contribution in [2.75, 3.05) is 6.54 Å². The van der Waals surface area contributed by atoms with Gasteiger partial charge in [-0.15, -0.1) is 0 Å². The first kappa shape index (κ1) is 5.58. The molecular formula is C5H4N4. The van der Waals surface area contributed by atoms with Crippen LogP contribution in [0.5, 0.6) is 0 Å². The molecule has 1 heterocycles. The van der Waals surface area contributed by atoms with Gasteiger partial charge in [0.25, 0.3) is 0 Å². The summed E-state index contributed by atoms with van der Waals surface area (Å²) in [5.74, 6) is 0. The molecule has 1 rings (SSSR count). The van der Waals surface area contributed by atoms with Crippen molar-refractivity contribution in [3.8, 4) is 12.1 Å². The molecule has 1 N–H and O–H groups in total. The van der Waals surface area contributed by atoms with E-state index in [1.54, 1.807) is 0 Å². The molecule has 44 valence electrons. The van der Waals surface area contributed by atoms with Crippen molar-refractivity contribution >= 4 is 6.21 Å². The van der Waals surface area contributed by atoms with Crippen LogP contribution in [-0.2, 0) is 0 Å². The van der Waals surface area contributed by atoms with Crippen LogP contribution in [0.1, 0.15) is 0 Å². The standard InChI is InChI=1S/C5H4N4/c6-1-5(2-7)3-8-9-4-5/h3,9H,4H2. The lowest BCUT2D eigenvalue weighted by Crippen LogP contribution is -2.22. The van der Waals surface area contributed by atoms with Gasteiger partial charge in [-0.2, -0.15) is 15.6 Å². The van der Waals surface area contributed by atoms with Crippen molar-refractivity contribution in [1.29, 1.82) is 10.5 Å². The highest BCUT2D eigenvalue weighted by molar-refractivity contribution is 5.75. The summed E-state index contributed by atoms with van der Waals surface area (Å²) in [5, 5.41) is 20.4. The van der Waals surface area contributed by atoms with Gasteiger partial charge < -0.3 is 5.43 Å². The van der Waals surface area contributed by atoms with Crippen LogP contribution in [0.2, 0.25) is 0 Å². The Morgan fingerprint density at radius 2 is 2.22 bits per heavy atom. The first-order valence-electron chi connectivity index (χ1n) is 2.42. The molecule has 9 heavy (non-hydrogen) atoms. The molecule has 0 aromatic rings. The minimum absolute atomic E-state index is 0.306. The molecule has 4 heteroatoms. The van der Waals surface area contributed by atoms with E-state index in [1.165, 1.54) is 6.21 Å². The maximum absolute atomic E-state index is 8.41. The van der Waals surface area contributed by atoms with E-state index < -0.39 is 5.41 Å². The fourth-order valence-corrected chi connectivity index (χ4v) is 0.534. The van der Waals surface area contributed by atoms with E-state index in [4.69, 9.17) is 10.5 Å². The number of nitrogens with one attached hydrogen (secondary N) is 1. The maximum Gasteiger partial charge on any atom is 0.198 e. The first-order chi connectivity index (χ1) is 4.33. The summed E-state index contributed by atoms with van der Waals surface area (Å²) in [6.45, 7) is 0.306. The normalized spacial score (nSPS) is 19.8. The molecule has 4 nitrogen and oxygen atoms in total. The average Bonchev–Trinajstić information content (AvgIpc) is 2.36. The van der Waals surface area contributed by atoms with E-state index in [2.05, 4.69) is 10.5 Å². The van der Waals surface area contributed by atoms with Crippen LogP contribution in [0.15, 0.2) is 5.10 Å². The molecule has 0 amide bonds. The summed E-state index contributed by atoms with van der Waals surface area (Å²) in [5.41, 5.74) is 1.53. The lowest BCUT2D eigenvalue weighted by molar-refractivity contribution is 0.670. The number of rotatable bonds is 0. The molecule has 0 spiro atoms. The molecule has 0 saturated carbocycles. The molecule has 0 unspecified atom stereocenters. The fraction of sp³-hybridized carbons (Fsp3) is 0.400. The smallest absolute Gasteiger partial charge is 0.198 e. The van der Waals surface area contributed by atoms with Gasteiger partial charge in [0.1, 0.15) is 0 Å². The van der Waals surface area contributed by atoms with Gasteiger partial charge >= 0.3 is 0 Å². The Kier molecular flexibility index (Phi) is 1.09. The Labute approximate surface area is 52.4 Å². The third-order valence-corrected chi connectivity index (χ3v) is 1.13. The summed E-state index contributed by atoms with van der Waals surface area (Å²) in [6.07, 6.45) is 1.33. The first-order valence-corrected chi connectivity index (χ1v) is 2.42. The van der Waals surface area contributed by atoms with Gasteiger partial charge in [0, 0.05) is 0 Å². The molecule has 1 aliphatic heterocycles. The molecule has 0 bridgehead atoms. The van der Waals surface area contributed by atoms with Crippen molar-refractivity contribution in [3.05, 3.63) is 0 Å². The Hall–Kier alpha value is -1.55. The SMILES string of the molecule is N#CC1(C#N)C=NNC1. The molecule has 1 aliphatic rings. The highest BCUT2D eigenvalue weighted by Crippen LogP contribution is 2.12. The van der Waals surface area contributed by atoms with Crippen molar-refractivity contribution < 1.29 is 0 Å². The van der Waals surface area contributed by atoms with E-state index >= 15 is 0 Å². The second-order valence-electron chi connectivity index (χ2n) is 1.79. The van der Waals surface area contributed by atoms with Gasteiger partial charge in [-0.25, -0.2) is 0 Å². The molecule has 0 aliphatic carbocycles. The van der Waals surface area contributed by atoms with Gasteiger partial charge in [0.05, 0.1) is 24.9 Å². The summed E-state index contributed by atoms with van der Waals surface area (Å²) in [6, 6.07) is 3.71. The van der Waals surface area contributed by atoms with Gasteiger partial charge in [-0.3, -0.25) is 0 Å². The van der Waals surface area contributed by atoms with Crippen LogP contribution < -0.4 is 5.43 Å². The third-order valence-electron chi connectivity index (χ3n) is 1.13. The molecule has 0 radical (unpaired) electrons. The minimum Gasteiger partial charge on any atom is -0.307 e. The number of hydrazone groups is 1. The lowest BCUT2D eigenvalue weighted by Gasteiger charge is -2.00. The second-order valence-corrected chi connectivity index (χ2v) is 1.79. The van der Waals surface area contributed by atoms with Gasteiger partial charge in [-0.05, 0) is 0 Å². The van der Waals surface area contributed by atoms with Crippen LogP contribution in [0.4, 0.5) is 0 Å².